The van der Waals surface area contributed by atoms with Crippen LogP contribution in [-0.2, 0) is 10.4 Å². The Morgan fingerprint density at radius 2 is 2.05 bits per heavy atom. The van der Waals surface area contributed by atoms with Gasteiger partial charge in [0, 0.05) is 6.04 Å². The molecule has 0 bridgehead atoms. The molecule has 0 spiro atoms. The van der Waals surface area contributed by atoms with Crippen LogP contribution in [0.3, 0.4) is 0 Å². The highest BCUT2D eigenvalue weighted by atomic mass is 16.3. The minimum atomic E-state index is -1.12. The third-order valence-electron chi connectivity index (χ3n) is 4.49. The maximum Gasteiger partial charge on any atom is 0.223 e. The predicted octanol–water partition coefficient (Wildman–Crippen LogP) is 2.98. The topological polar surface area (TPSA) is 49.3 Å². The predicted molar refractivity (Wildman–Crippen MR) is 80.2 cm³/mol. The number of nitrogens with one attached hydrogen (secondary N) is 1. The van der Waals surface area contributed by atoms with Crippen LogP contribution >= 0.6 is 0 Å². The van der Waals surface area contributed by atoms with Gasteiger partial charge in [0.05, 0.1) is 12.0 Å². The molecule has 3 nitrogen and oxygen atoms in total. The second kappa shape index (κ2) is 5.57. The summed E-state index contributed by atoms with van der Waals surface area (Å²) in [5, 5.41) is 13.6. The first-order valence-electron chi connectivity index (χ1n) is 7.38. The molecule has 1 aliphatic carbocycles. The number of carbonyl (C=O) groups excluding carboxylic acids is 1. The summed E-state index contributed by atoms with van der Waals surface area (Å²) in [4.78, 5) is 12.2. The van der Waals surface area contributed by atoms with Crippen molar-refractivity contribution in [1.82, 2.24) is 5.32 Å². The first-order valence-corrected chi connectivity index (χ1v) is 7.38. The van der Waals surface area contributed by atoms with E-state index < -0.39 is 5.60 Å². The Labute approximate surface area is 121 Å². The van der Waals surface area contributed by atoms with Gasteiger partial charge in [-0.15, -0.1) is 0 Å². The van der Waals surface area contributed by atoms with Crippen molar-refractivity contribution in [3.05, 3.63) is 35.9 Å². The molecule has 3 heteroatoms. The van der Waals surface area contributed by atoms with E-state index in [2.05, 4.69) is 19.2 Å². The minimum Gasteiger partial charge on any atom is -0.385 e. The Kier molecular flexibility index (Phi) is 4.19. The van der Waals surface area contributed by atoms with Gasteiger partial charge in [0.2, 0.25) is 5.91 Å². The highest BCUT2D eigenvalue weighted by Crippen LogP contribution is 2.37. The number of hydrogen-bond donors (Lipinski definition) is 2. The van der Waals surface area contributed by atoms with E-state index in [1.165, 1.54) is 0 Å². The van der Waals surface area contributed by atoms with E-state index in [1.54, 1.807) is 6.92 Å². The SMILES string of the molecule is CC(O)(CC(=O)NC1CCCC1(C)C)c1ccccc1. The fourth-order valence-corrected chi connectivity index (χ4v) is 3.05. The summed E-state index contributed by atoms with van der Waals surface area (Å²) in [7, 11) is 0. The molecule has 1 saturated carbocycles. The van der Waals surface area contributed by atoms with Crippen LogP contribution in [-0.4, -0.2) is 17.1 Å². The van der Waals surface area contributed by atoms with E-state index in [0.717, 1.165) is 24.8 Å². The average Bonchev–Trinajstić information content (AvgIpc) is 2.69. The normalized spacial score (nSPS) is 24.1. The minimum absolute atomic E-state index is 0.0705. The summed E-state index contributed by atoms with van der Waals surface area (Å²) >= 11 is 0. The Hall–Kier alpha value is -1.35. The molecule has 0 aliphatic heterocycles. The molecule has 0 heterocycles. The zero-order valence-electron chi connectivity index (χ0n) is 12.6. The third-order valence-corrected chi connectivity index (χ3v) is 4.49. The number of aliphatic hydroxyl groups is 1. The third kappa shape index (κ3) is 3.40. The molecule has 110 valence electrons. The maximum atomic E-state index is 12.2. The van der Waals surface area contributed by atoms with E-state index in [4.69, 9.17) is 0 Å². The summed E-state index contributed by atoms with van der Waals surface area (Å²) in [5.74, 6) is -0.0705. The van der Waals surface area contributed by atoms with Crippen molar-refractivity contribution in [1.29, 1.82) is 0 Å². The van der Waals surface area contributed by atoms with Gasteiger partial charge in [-0.05, 0) is 30.7 Å². The van der Waals surface area contributed by atoms with Crippen LogP contribution in [0.2, 0.25) is 0 Å². The molecule has 1 aromatic carbocycles. The van der Waals surface area contributed by atoms with E-state index in [1.807, 2.05) is 30.3 Å². The first kappa shape index (κ1) is 15.0. The fraction of sp³-hybridized carbons (Fsp3) is 0.588. The molecule has 0 radical (unpaired) electrons. The molecule has 1 amide bonds. The second-order valence-corrected chi connectivity index (χ2v) is 6.82. The van der Waals surface area contributed by atoms with Gasteiger partial charge < -0.3 is 10.4 Å². The summed E-state index contributed by atoms with van der Waals surface area (Å²) in [6.07, 6.45) is 3.44. The van der Waals surface area contributed by atoms with Gasteiger partial charge in [-0.2, -0.15) is 0 Å². The van der Waals surface area contributed by atoms with E-state index in [0.29, 0.717) is 0 Å². The maximum absolute atomic E-state index is 12.2. The van der Waals surface area contributed by atoms with Gasteiger partial charge in [-0.1, -0.05) is 50.6 Å². The Morgan fingerprint density at radius 3 is 2.60 bits per heavy atom. The van der Waals surface area contributed by atoms with Gasteiger partial charge in [0.15, 0.2) is 0 Å². The fourth-order valence-electron chi connectivity index (χ4n) is 3.05. The molecule has 1 aliphatic rings. The highest BCUT2D eigenvalue weighted by molar-refractivity contribution is 5.77. The van der Waals surface area contributed by atoms with Crippen LogP contribution in [0.5, 0.6) is 0 Å². The lowest BCUT2D eigenvalue weighted by Crippen LogP contribution is -2.43. The van der Waals surface area contributed by atoms with E-state index in [9.17, 15) is 9.90 Å². The monoisotopic (exact) mass is 275 g/mol. The summed E-state index contributed by atoms with van der Waals surface area (Å²) in [5.41, 5.74) is -0.177. The molecule has 0 aromatic heterocycles. The number of rotatable bonds is 4. The molecule has 20 heavy (non-hydrogen) atoms. The Morgan fingerprint density at radius 1 is 1.40 bits per heavy atom. The van der Waals surface area contributed by atoms with E-state index >= 15 is 0 Å². The average molecular weight is 275 g/mol. The van der Waals surface area contributed by atoms with Gasteiger partial charge in [-0.3, -0.25) is 4.79 Å². The number of benzene rings is 1. The van der Waals surface area contributed by atoms with Crippen molar-refractivity contribution in [2.75, 3.05) is 0 Å². The zero-order valence-corrected chi connectivity index (χ0v) is 12.6. The van der Waals surface area contributed by atoms with Crippen molar-refractivity contribution in [2.45, 2.75) is 58.1 Å². The van der Waals surface area contributed by atoms with Crippen molar-refractivity contribution < 1.29 is 9.90 Å². The zero-order chi connectivity index (χ0) is 14.8. The molecule has 2 atom stereocenters. The highest BCUT2D eigenvalue weighted by Gasteiger charge is 2.36. The molecule has 1 aromatic rings. The van der Waals surface area contributed by atoms with Gasteiger partial charge in [0.1, 0.15) is 0 Å². The molecular formula is C17H25NO2. The van der Waals surface area contributed by atoms with Gasteiger partial charge >= 0.3 is 0 Å². The Bertz CT molecular complexity index is 465. The lowest BCUT2D eigenvalue weighted by molar-refractivity contribution is -0.127. The van der Waals surface area contributed by atoms with Crippen LogP contribution in [0, 0.1) is 5.41 Å². The van der Waals surface area contributed by atoms with Gasteiger partial charge in [0.25, 0.3) is 0 Å². The number of hydrogen-bond acceptors (Lipinski definition) is 2. The lowest BCUT2D eigenvalue weighted by Gasteiger charge is -2.30. The lowest BCUT2D eigenvalue weighted by atomic mass is 9.86. The number of amides is 1. The summed E-state index contributed by atoms with van der Waals surface area (Å²) in [6.45, 7) is 6.09. The van der Waals surface area contributed by atoms with Crippen LogP contribution in [0.25, 0.3) is 0 Å². The smallest absolute Gasteiger partial charge is 0.223 e. The van der Waals surface area contributed by atoms with Crippen LogP contribution < -0.4 is 5.32 Å². The Balaban J connectivity index is 1.98. The first-order chi connectivity index (χ1) is 9.31. The van der Waals surface area contributed by atoms with Crippen molar-refractivity contribution in [3.63, 3.8) is 0 Å². The van der Waals surface area contributed by atoms with Crippen molar-refractivity contribution in [3.8, 4) is 0 Å². The van der Waals surface area contributed by atoms with Crippen LogP contribution in [0.4, 0.5) is 0 Å². The molecular weight excluding hydrogens is 250 g/mol. The molecule has 2 N–H and O–H groups in total. The standard InChI is InChI=1S/C17H25NO2/c1-16(2)11-7-10-14(16)18-15(19)12-17(3,20)13-8-5-4-6-9-13/h4-6,8-9,14,20H,7,10-12H2,1-3H3,(H,18,19). The van der Waals surface area contributed by atoms with E-state index in [-0.39, 0.29) is 23.8 Å². The van der Waals surface area contributed by atoms with Gasteiger partial charge in [-0.25, -0.2) is 0 Å². The largest absolute Gasteiger partial charge is 0.385 e. The van der Waals surface area contributed by atoms with Crippen LogP contribution in [0.1, 0.15) is 52.0 Å². The quantitative estimate of drug-likeness (QED) is 0.887. The second-order valence-electron chi connectivity index (χ2n) is 6.82. The van der Waals surface area contributed by atoms with Crippen LogP contribution in [0.15, 0.2) is 30.3 Å². The molecule has 1 fully saturated rings. The molecule has 0 saturated heterocycles. The molecule has 2 rings (SSSR count). The summed E-state index contributed by atoms with van der Waals surface area (Å²) < 4.78 is 0. The van der Waals surface area contributed by atoms with Crippen molar-refractivity contribution in [2.24, 2.45) is 5.41 Å². The number of carbonyl (C=O) groups is 1. The summed E-state index contributed by atoms with van der Waals surface area (Å²) in [6, 6.07) is 9.59. The molecule has 2 unspecified atom stereocenters. The van der Waals surface area contributed by atoms with Crippen molar-refractivity contribution >= 4 is 5.91 Å².